The predicted octanol–water partition coefficient (Wildman–Crippen LogP) is 0.408. The van der Waals surface area contributed by atoms with Crippen molar-refractivity contribution in [1.82, 2.24) is 0 Å². The van der Waals surface area contributed by atoms with Crippen LogP contribution in [0.3, 0.4) is 0 Å². The van der Waals surface area contributed by atoms with E-state index in [2.05, 4.69) is 11.4 Å². The van der Waals surface area contributed by atoms with E-state index in [1.807, 2.05) is 18.2 Å². The summed E-state index contributed by atoms with van der Waals surface area (Å²) < 4.78 is 6.52. The summed E-state index contributed by atoms with van der Waals surface area (Å²) in [6.45, 7) is 1.69. The van der Waals surface area contributed by atoms with Crippen molar-refractivity contribution < 1.29 is 4.74 Å². The first-order valence-electron chi connectivity index (χ1n) is 5.43. The number of hydrogen-bond acceptors (Lipinski definition) is 3. The third kappa shape index (κ3) is 2.78. The third-order valence-corrected chi connectivity index (χ3v) is 3.76. The Bertz CT molecular complexity index is 408. The molecule has 0 aromatic heterocycles. The quantitative estimate of drug-likeness (QED) is 0.797. The third-order valence-electron chi connectivity index (χ3n) is 2.76. The van der Waals surface area contributed by atoms with Crippen molar-refractivity contribution in [2.24, 2.45) is 0 Å². The molecule has 0 amide bonds. The van der Waals surface area contributed by atoms with Crippen LogP contribution in [0.4, 0.5) is 5.69 Å². The molecular weight excluding hydrogens is 263 g/mol. The van der Waals surface area contributed by atoms with Gasteiger partial charge in [0.2, 0.25) is 0 Å². The number of ether oxygens (including phenoxy) is 1. The second kappa shape index (κ2) is 5.38. The molecule has 4 heteroatoms. The molecule has 1 heterocycles. The summed E-state index contributed by atoms with van der Waals surface area (Å²) in [7, 11) is 0. The van der Waals surface area contributed by atoms with Gasteiger partial charge in [0.1, 0.15) is 0 Å². The van der Waals surface area contributed by atoms with Gasteiger partial charge >= 0.3 is 104 Å². The van der Waals surface area contributed by atoms with E-state index in [0.29, 0.717) is 6.04 Å². The van der Waals surface area contributed by atoms with Gasteiger partial charge in [-0.3, -0.25) is 0 Å². The van der Waals surface area contributed by atoms with Gasteiger partial charge < -0.3 is 0 Å². The second-order valence-electron chi connectivity index (χ2n) is 3.94. The first-order valence-corrected chi connectivity index (χ1v) is 6.64. The molecule has 1 aromatic carbocycles. The zero-order chi connectivity index (χ0) is 11.4. The fraction of sp³-hybridized carbons (Fsp3) is 0.417. The normalized spacial score (nSPS) is 16.8. The number of nitrogens with one attached hydrogen (secondary N) is 1. The maximum absolute atomic E-state index is 8.79. The van der Waals surface area contributed by atoms with E-state index < -0.39 is 0 Å². The first-order chi connectivity index (χ1) is 7.79. The summed E-state index contributed by atoms with van der Waals surface area (Å²) in [6, 6.07) is 8.49. The summed E-state index contributed by atoms with van der Waals surface area (Å²) >= 11 is 1.55. The van der Waals surface area contributed by atoms with Crippen LogP contribution in [0.5, 0.6) is 0 Å². The summed E-state index contributed by atoms with van der Waals surface area (Å²) in [5.41, 5.74) is 1.89. The number of anilines is 1. The van der Waals surface area contributed by atoms with E-state index in [9.17, 15) is 0 Å². The fourth-order valence-electron chi connectivity index (χ4n) is 1.83. The Kier molecular flexibility index (Phi) is 3.87. The standard InChI is InChI=1S/C12H15AsN2O/c13-11-7-9(8-14)1-2-12(11)15-10-3-5-16-6-4-10/h1-2,7,10,15H,3-6,13H2. The minimum atomic E-state index is 0.510. The summed E-state index contributed by atoms with van der Waals surface area (Å²) in [4.78, 5) is 0. The van der Waals surface area contributed by atoms with Gasteiger partial charge in [0.15, 0.2) is 0 Å². The van der Waals surface area contributed by atoms with Gasteiger partial charge in [-0.1, -0.05) is 0 Å². The number of nitrogens with zero attached hydrogens (tertiary/aromatic N) is 1. The first kappa shape index (κ1) is 11.5. The van der Waals surface area contributed by atoms with Gasteiger partial charge in [-0.15, -0.1) is 0 Å². The van der Waals surface area contributed by atoms with Gasteiger partial charge in [-0.25, -0.2) is 0 Å². The molecule has 1 N–H and O–H groups in total. The molecule has 0 radical (unpaired) electrons. The molecule has 16 heavy (non-hydrogen) atoms. The monoisotopic (exact) mass is 278 g/mol. The Morgan fingerprint density at radius 1 is 1.38 bits per heavy atom. The predicted molar refractivity (Wildman–Crippen MR) is 66.8 cm³/mol. The Labute approximate surface area is 104 Å². The number of rotatable bonds is 2. The summed E-state index contributed by atoms with van der Waals surface area (Å²) in [5, 5.41) is 12.3. The van der Waals surface area contributed by atoms with E-state index >= 15 is 0 Å². The van der Waals surface area contributed by atoms with Gasteiger partial charge in [0, 0.05) is 0 Å². The summed E-state index contributed by atoms with van der Waals surface area (Å²) in [6.07, 6.45) is 2.12. The molecule has 1 atom stereocenters. The van der Waals surface area contributed by atoms with Crippen LogP contribution >= 0.6 is 0 Å². The van der Waals surface area contributed by atoms with Crippen LogP contribution in [0.15, 0.2) is 18.2 Å². The van der Waals surface area contributed by atoms with E-state index in [1.165, 1.54) is 4.35 Å². The Hall–Kier alpha value is -0.972. The number of nitriles is 1. The molecule has 1 unspecified atom stereocenters. The molecule has 84 valence electrons. The molecule has 0 spiro atoms. The summed E-state index contributed by atoms with van der Waals surface area (Å²) in [5.74, 6) is 0. The van der Waals surface area contributed by atoms with Crippen LogP contribution in [0.25, 0.3) is 0 Å². The Balaban J connectivity index is 2.06. The zero-order valence-corrected chi connectivity index (χ0v) is 11.5. The zero-order valence-electron chi connectivity index (χ0n) is 9.07. The molecule has 1 fully saturated rings. The topological polar surface area (TPSA) is 45.0 Å². The van der Waals surface area contributed by atoms with Gasteiger partial charge in [0.25, 0.3) is 0 Å². The van der Waals surface area contributed by atoms with Gasteiger partial charge in [-0.2, -0.15) is 0 Å². The molecule has 1 aliphatic heterocycles. The molecule has 1 aromatic rings. The van der Waals surface area contributed by atoms with Gasteiger partial charge in [-0.05, 0) is 0 Å². The van der Waals surface area contributed by atoms with Gasteiger partial charge in [0.05, 0.1) is 0 Å². The fourth-order valence-corrected chi connectivity index (χ4v) is 2.58. The van der Waals surface area contributed by atoms with Crippen molar-refractivity contribution in [3.63, 3.8) is 0 Å². The minimum absolute atomic E-state index is 0.510. The van der Waals surface area contributed by atoms with E-state index in [-0.39, 0.29) is 0 Å². The van der Waals surface area contributed by atoms with Crippen LogP contribution in [0.2, 0.25) is 0 Å². The van der Waals surface area contributed by atoms with Crippen LogP contribution < -0.4 is 9.67 Å². The average molecular weight is 278 g/mol. The van der Waals surface area contributed by atoms with E-state index in [1.54, 1.807) is 16.9 Å². The molecule has 0 aliphatic carbocycles. The maximum atomic E-state index is 8.79. The molecular formula is C12H15AsN2O. The average Bonchev–Trinajstić information content (AvgIpc) is 2.33. The van der Waals surface area contributed by atoms with Crippen molar-refractivity contribution in [3.05, 3.63) is 23.8 Å². The molecule has 0 saturated carbocycles. The van der Waals surface area contributed by atoms with Crippen molar-refractivity contribution >= 4 is 26.9 Å². The van der Waals surface area contributed by atoms with Crippen LogP contribution in [0.1, 0.15) is 18.4 Å². The Morgan fingerprint density at radius 2 is 2.12 bits per heavy atom. The van der Waals surface area contributed by atoms with Crippen molar-refractivity contribution in [2.45, 2.75) is 18.9 Å². The number of benzene rings is 1. The SMILES string of the molecule is N#Cc1ccc(NC2CCOCC2)c([AsH2])c1. The van der Waals surface area contributed by atoms with E-state index in [4.69, 9.17) is 10.00 Å². The molecule has 3 nitrogen and oxygen atoms in total. The molecule has 1 saturated heterocycles. The van der Waals surface area contributed by atoms with Crippen molar-refractivity contribution in [2.75, 3.05) is 18.5 Å². The van der Waals surface area contributed by atoms with Crippen molar-refractivity contribution in [3.8, 4) is 6.07 Å². The Morgan fingerprint density at radius 3 is 2.75 bits per heavy atom. The number of hydrogen-bond donors (Lipinski definition) is 1. The molecule has 0 bridgehead atoms. The second-order valence-corrected chi connectivity index (χ2v) is 5.25. The molecule has 1 aliphatic rings. The van der Waals surface area contributed by atoms with Crippen LogP contribution in [-0.4, -0.2) is 36.1 Å². The molecule has 2 rings (SSSR count). The van der Waals surface area contributed by atoms with E-state index in [0.717, 1.165) is 37.3 Å². The van der Waals surface area contributed by atoms with Crippen LogP contribution in [0, 0.1) is 11.3 Å². The van der Waals surface area contributed by atoms with Crippen molar-refractivity contribution in [1.29, 1.82) is 5.26 Å². The van der Waals surface area contributed by atoms with Crippen LogP contribution in [-0.2, 0) is 4.74 Å².